The molecule has 0 saturated carbocycles. The minimum absolute atomic E-state index is 0.0359. The quantitative estimate of drug-likeness (QED) is 0.291. The molecule has 0 N–H and O–H groups in total. The van der Waals surface area contributed by atoms with Crippen LogP contribution >= 0.6 is 11.6 Å². The molecule has 0 spiro atoms. The van der Waals surface area contributed by atoms with Crippen molar-refractivity contribution in [1.82, 2.24) is 19.4 Å². The van der Waals surface area contributed by atoms with Gasteiger partial charge in [0.1, 0.15) is 18.2 Å². The van der Waals surface area contributed by atoms with E-state index < -0.39 is 11.6 Å². The van der Waals surface area contributed by atoms with E-state index in [0.29, 0.717) is 28.6 Å². The van der Waals surface area contributed by atoms with Crippen LogP contribution < -0.4 is 9.47 Å². The summed E-state index contributed by atoms with van der Waals surface area (Å²) in [5, 5.41) is 0.327. The van der Waals surface area contributed by atoms with Gasteiger partial charge in [-0.2, -0.15) is 0 Å². The Morgan fingerprint density at radius 3 is 2.62 bits per heavy atom. The third-order valence-electron chi connectivity index (χ3n) is 7.95. The van der Waals surface area contributed by atoms with Crippen molar-refractivity contribution < 1.29 is 18.7 Å². The van der Waals surface area contributed by atoms with Crippen LogP contribution in [0.15, 0.2) is 60.7 Å². The number of nitrogens with zero attached hydrogens (tertiary/aromatic N) is 4. The summed E-state index contributed by atoms with van der Waals surface area (Å²) in [6.45, 7) is 4.42. The van der Waals surface area contributed by atoms with Gasteiger partial charge >= 0.3 is 0 Å². The van der Waals surface area contributed by atoms with Gasteiger partial charge in [-0.05, 0) is 68.2 Å². The van der Waals surface area contributed by atoms with Crippen LogP contribution in [0, 0.1) is 5.82 Å². The number of rotatable bonds is 6. The van der Waals surface area contributed by atoms with Crippen LogP contribution in [0.3, 0.4) is 0 Å². The maximum Gasteiger partial charge on any atom is 0.278 e. The molecule has 208 valence electrons. The number of piperidine rings is 1. The Morgan fingerprint density at radius 2 is 1.88 bits per heavy atom. The molecule has 1 aromatic heterocycles. The van der Waals surface area contributed by atoms with E-state index >= 15 is 0 Å². The number of ether oxygens (including phenoxy) is 2. The molecule has 7 nitrogen and oxygen atoms in total. The molecule has 3 heterocycles. The molecule has 1 amide bonds. The standard InChI is InChI=1S/C31H32ClFN4O3/c1-31(23-12-11-21(32)17-24(23)33)39-27-10-6-7-22(30(27)40-31)20-13-15-36(16-14-20)18-28-34-25-8-4-5-9-26(25)37(28)19-29(38)35(2)3/h4-12,17,20H,13-16,18-19H2,1-3H3. The zero-order chi connectivity index (χ0) is 28.0. The van der Waals surface area contributed by atoms with Crippen LogP contribution in [0.1, 0.15) is 42.6 Å². The van der Waals surface area contributed by atoms with Crippen LogP contribution in [0.5, 0.6) is 11.5 Å². The molecule has 2 aliphatic rings. The van der Waals surface area contributed by atoms with Crippen molar-refractivity contribution in [3.63, 3.8) is 0 Å². The van der Waals surface area contributed by atoms with Gasteiger partial charge in [-0.3, -0.25) is 9.69 Å². The highest BCUT2D eigenvalue weighted by Crippen LogP contribution is 2.49. The van der Waals surface area contributed by atoms with Gasteiger partial charge in [-0.25, -0.2) is 9.37 Å². The zero-order valence-corrected chi connectivity index (χ0v) is 23.6. The van der Waals surface area contributed by atoms with Gasteiger partial charge in [0, 0.05) is 31.6 Å². The molecule has 1 unspecified atom stereocenters. The Hall–Kier alpha value is -3.62. The number of amides is 1. The van der Waals surface area contributed by atoms with Gasteiger partial charge in [0.15, 0.2) is 11.5 Å². The molecule has 1 saturated heterocycles. The van der Waals surface area contributed by atoms with E-state index in [0.717, 1.165) is 48.4 Å². The minimum Gasteiger partial charge on any atom is -0.444 e. The predicted molar refractivity (Wildman–Crippen MR) is 152 cm³/mol. The number of hydrogen-bond acceptors (Lipinski definition) is 5. The topological polar surface area (TPSA) is 59.8 Å². The highest BCUT2D eigenvalue weighted by Gasteiger charge is 2.43. The highest BCUT2D eigenvalue weighted by molar-refractivity contribution is 6.30. The van der Waals surface area contributed by atoms with Crippen LogP contribution in [-0.2, 0) is 23.7 Å². The number of aromatic nitrogens is 2. The second-order valence-electron chi connectivity index (χ2n) is 10.9. The minimum atomic E-state index is -1.27. The number of hydrogen-bond donors (Lipinski definition) is 0. The van der Waals surface area contributed by atoms with E-state index in [9.17, 15) is 9.18 Å². The van der Waals surface area contributed by atoms with Crippen molar-refractivity contribution in [1.29, 1.82) is 0 Å². The average Bonchev–Trinajstić information content (AvgIpc) is 3.46. The molecule has 9 heteroatoms. The average molecular weight is 563 g/mol. The summed E-state index contributed by atoms with van der Waals surface area (Å²) in [6, 6.07) is 18.4. The summed E-state index contributed by atoms with van der Waals surface area (Å²) in [7, 11) is 3.55. The summed E-state index contributed by atoms with van der Waals surface area (Å²) in [6.07, 6.45) is 1.87. The van der Waals surface area contributed by atoms with Gasteiger partial charge in [-0.15, -0.1) is 0 Å². The second-order valence-corrected chi connectivity index (χ2v) is 11.3. The first kappa shape index (κ1) is 26.6. The summed E-state index contributed by atoms with van der Waals surface area (Å²) in [4.78, 5) is 21.5. The normalized spacial score (nSPS) is 19.3. The van der Waals surface area contributed by atoms with Crippen molar-refractivity contribution in [2.45, 2.75) is 44.6 Å². The Labute approximate surface area is 238 Å². The van der Waals surface area contributed by atoms with Crippen molar-refractivity contribution in [3.05, 3.63) is 88.5 Å². The zero-order valence-electron chi connectivity index (χ0n) is 22.9. The molecular weight excluding hydrogens is 531 g/mol. The Bertz CT molecular complexity index is 1580. The fourth-order valence-corrected chi connectivity index (χ4v) is 5.90. The summed E-state index contributed by atoms with van der Waals surface area (Å²) >= 11 is 5.96. The first-order valence-electron chi connectivity index (χ1n) is 13.5. The third kappa shape index (κ3) is 4.90. The van der Waals surface area contributed by atoms with Crippen molar-refractivity contribution in [2.75, 3.05) is 27.2 Å². The van der Waals surface area contributed by atoms with Crippen molar-refractivity contribution in [2.24, 2.45) is 0 Å². The Morgan fingerprint density at radius 1 is 1.10 bits per heavy atom. The number of likely N-dealkylation sites (N-methyl/N-ethyl adjacent to an activating group) is 1. The molecule has 2 aliphatic heterocycles. The first-order chi connectivity index (χ1) is 19.2. The molecule has 40 heavy (non-hydrogen) atoms. The number of para-hydroxylation sites is 3. The van der Waals surface area contributed by atoms with Crippen molar-refractivity contribution in [3.8, 4) is 11.5 Å². The van der Waals surface area contributed by atoms with Gasteiger partial charge in [-0.1, -0.05) is 35.9 Å². The lowest BCUT2D eigenvalue weighted by Crippen LogP contribution is -2.34. The first-order valence-corrected chi connectivity index (χ1v) is 13.9. The van der Waals surface area contributed by atoms with E-state index in [-0.39, 0.29) is 18.4 Å². The second kappa shape index (κ2) is 10.4. The lowest BCUT2D eigenvalue weighted by atomic mass is 9.88. The summed E-state index contributed by atoms with van der Waals surface area (Å²) < 4.78 is 29.3. The van der Waals surface area contributed by atoms with E-state index in [1.54, 1.807) is 38.1 Å². The Balaban J connectivity index is 1.18. The van der Waals surface area contributed by atoms with Crippen LogP contribution in [0.2, 0.25) is 5.02 Å². The van der Waals surface area contributed by atoms with E-state index in [4.69, 9.17) is 26.1 Å². The number of benzene rings is 3. The molecule has 4 aromatic rings. The van der Waals surface area contributed by atoms with Crippen LogP contribution in [-0.4, -0.2) is 52.4 Å². The molecule has 1 atom stereocenters. The van der Waals surface area contributed by atoms with Gasteiger partial charge in [0.25, 0.3) is 5.79 Å². The fraction of sp³-hybridized carbons (Fsp3) is 0.355. The maximum atomic E-state index is 14.8. The number of carbonyl (C=O) groups is 1. The van der Waals surface area contributed by atoms with Crippen LogP contribution in [0.4, 0.5) is 4.39 Å². The van der Waals surface area contributed by atoms with E-state index in [1.165, 1.54) is 6.07 Å². The molecular formula is C31H32ClFN4O3. The predicted octanol–water partition coefficient (Wildman–Crippen LogP) is 5.94. The third-order valence-corrected chi connectivity index (χ3v) is 8.18. The monoisotopic (exact) mass is 562 g/mol. The van der Waals surface area contributed by atoms with Crippen molar-refractivity contribution >= 4 is 28.5 Å². The van der Waals surface area contributed by atoms with Crippen LogP contribution in [0.25, 0.3) is 11.0 Å². The highest BCUT2D eigenvalue weighted by atomic mass is 35.5. The van der Waals surface area contributed by atoms with E-state index in [2.05, 4.69) is 11.0 Å². The number of fused-ring (bicyclic) bond motifs is 2. The van der Waals surface area contributed by atoms with E-state index in [1.807, 2.05) is 41.0 Å². The number of likely N-dealkylation sites (tertiary alicyclic amines) is 1. The van der Waals surface area contributed by atoms with Gasteiger partial charge in [0.05, 0.1) is 23.1 Å². The molecule has 0 aliphatic carbocycles. The summed E-state index contributed by atoms with van der Waals surface area (Å²) in [5.41, 5.74) is 3.26. The molecule has 6 rings (SSSR count). The number of halogens is 2. The molecule has 3 aromatic carbocycles. The largest absolute Gasteiger partial charge is 0.444 e. The molecule has 0 radical (unpaired) electrons. The maximum absolute atomic E-state index is 14.8. The van der Waals surface area contributed by atoms with Gasteiger partial charge < -0.3 is 18.9 Å². The fourth-order valence-electron chi connectivity index (χ4n) is 5.74. The SMILES string of the molecule is CN(C)C(=O)Cn1c(CN2CCC(c3cccc4c3OC(C)(c3ccc(Cl)cc3F)O4)CC2)nc2ccccc21. The molecule has 0 bridgehead atoms. The lowest BCUT2D eigenvalue weighted by molar-refractivity contribution is -0.129. The number of carbonyl (C=O) groups excluding carboxylic acids is 1. The number of imidazole rings is 1. The lowest BCUT2D eigenvalue weighted by Gasteiger charge is -2.32. The smallest absolute Gasteiger partial charge is 0.278 e. The summed E-state index contributed by atoms with van der Waals surface area (Å²) in [5.74, 6) is 0.786. The van der Waals surface area contributed by atoms with Gasteiger partial charge in [0.2, 0.25) is 5.91 Å². The Kier molecular flexibility index (Phi) is 6.92. The molecule has 1 fully saturated rings.